The van der Waals surface area contributed by atoms with Crippen LogP contribution in [0.3, 0.4) is 0 Å². The molecule has 84 valence electrons. The van der Waals surface area contributed by atoms with Crippen LogP contribution in [0, 0.1) is 5.92 Å². The van der Waals surface area contributed by atoms with Gasteiger partial charge in [-0.1, -0.05) is 6.92 Å². The van der Waals surface area contributed by atoms with Gasteiger partial charge < -0.3 is 10.6 Å². The maximum absolute atomic E-state index is 5.59. The van der Waals surface area contributed by atoms with Crippen molar-refractivity contribution in [2.45, 2.75) is 58.0 Å². The van der Waals surface area contributed by atoms with Crippen molar-refractivity contribution in [3.8, 4) is 0 Å². The van der Waals surface area contributed by atoms with Crippen LogP contribution in [-0.4, -0.2) is 30.6 Å². The van der Waals surface area contributed by atoms with E-state index in [4.69, 9.17) is 5.73 Å². The predicted molar refractivity (Wildman–Crippen MR) is 62.3 cm³/mol. The summed E-state index contributed by atoms with van der Waals surface area (Å²) in [5, 5.41) is 0. The second-order valence-corrected chi connectivity index (χ2v) is 5.01. The van der Waals surface area contributed by atoms with Crippen molar-refractivity contribution in [3.05, 3.63) is 0 Å². The van der Waals surface area contributed by atoms with Gasteiger partial charge in [0.2, 0.25) is 0 Å². The van der Waals surface area contributed by atoms with E-state index < -0.39 is 0 Å². The Balaban J connectivity index is 2.33. The van der Waals surface area contributed by atoms with Crippen LogP contribution in [0.15, 0.2) is 0 Å². The molecule has 1 fully saturated rings. The van der Waals surface area contributed by atoms with Crippen molar-refractivity contribution in [1.82, 2.24) is 4.90 Å². The normalized spacial score (nSPS) is 30.6. The third-order valence-corrected chi connectivity index (χ3v) is 3.84. The van der Waals surface area contributed by atoms with Gasteiger partial charge in [0.1, 0.15) is 0 Å². The number of rotatable bonds is 4. The molecule has 0 aromatic rings. The fourth-order valence-corrected chi connectivity index (χ4v) is 2.45. The smallest absolute Gasteiger partial charge is 0.00952 e. The summed E-state index contributed by atoms with van der Waals surface area (Å²) in [6, 6.07) is 1.46. The first-order valence-corrected chi connectivity index (χ1v) is 6.07. The fourth-order valence-electron chi connectivity index (χ4n) is 2.45. The Bertz CT molecular complexity index is 150. The molecule has 0 radical (unpaired) electrons. The molecule has 1 atom stereocenters. The van der Waals surface area contributed by atoms with E-state index in [0.29, 0.717) is 6.04 Å². The Labute approximate surface area is 88.8 Å². The lowest BCUT2D eigenvalue weighted by molar-refractivity contribution is 0.127. The zero-order valence-electron chi connectivity index (χ0n) is 10.00. The van der Waals surface area contributed by atoms with E-state index in [1.165, 1.54) is 25.7 Å². The molecule has 0 aromatic heterocycles. The van der Waals surface area contributed by atoms with E-state index in [1.807, 2.05) is 0 Å². The zero-order chi connectivity index (χ0) is 10.6. The monoisotopic (exact) mass is 198 g/mol. The van der Waals surface area contributed by atoms with Gasteiger partial charge in [-0.2, -0.15) is 0 Å². The average Bonchev–Trinajstić information content (AvgIpc) is 2.18. The number of hydrogen-bond acceptors (Lipinski definition) is 2. The van der Waals surface area contributed by atoms with Gasteiger partial charge in [0.15, 0.2) is 0 Å². The lowest BCUT2D eigenvalue weighted by atomic mass is 9.86. The minimum absolute atomic E-state index is 0.651. The maximum atomic E-state index is 5.59. The Morgan fingerprint density at radius 3 is 2.36 bits per heavy atom. The number of nitrogens with two attached hydrogens (primary N) is 1. The highest BCUT2D eigenvalue weighted by atomic mass is 15.2. The highest BCUT2D eigenvalue weighted by molar-refractivity contribution is 4.79. The molecule has 0 aliphatic heterocycles. The molecular formula is C12H26N2. The topological polar surface area (TPSA) is 29.3 Å². The summed E-state index contributed by atoms with van der Waals surface area (Å²) in [5.74, 6) is 0.949. The van der Waals surface area contributed by atoms with E-state index in [2.05, 4.69) is 25.8 Å². The Kier molecular flexibility index (Phi) is 4.90. The highest BCUT2D eigenvalue weighted by Gasteiger charge is 2.23. The van der Waals surface area contributed by atoms with Gasteiger partial charge in [-0.25, -0.2) is 0 Å². The zero-order valence-corrected chi connectivity index (χ0v) is 10.00. The summed E-state index contributed by atoms with van der Waals surface area (Å²) < 4.78 is 0. The number of hydrogen-bond donors (Lipinski definition) is 1. The summed E-state index contributed by atoms with van der Waals surface area (Å²) in [5.41, 5.74) is 5.59. The molecular weight excluding hydrogens is 172 g/mol. The summed E-state index contributed by atoms with van der Waals surface area (Å²) in [6.07, 6.45) is 6.70. The van der Waals surface area contributed by atoms with Gasteiger partial charge in [-0.15, -0.1) is 0 Å². The van der Waals surface area contributed by atoms with Crippen molar-refractivity contribution < 1.29 is 0 Å². The second-order valence-electron chi connectivity index (χ2n) is 5.01. The molecule has 1 saturated carbocycles. The molecule has 1 aliphatic carbocycles. The first-order chi connectivity index (χ1) is 6.65. The quantitative estimate of drug-likeness (QED) is 0.750. The second kappa shape index (κ2) is 5.72. The van der Waals surface area contributed by atoms with Crippen molar-refractivity contribution >= 4 is 0 Å². The van der Waals surface area contributed by atoms with Crippen LogP contribution in [0.2, 0.25) is 0 Å². The van der Waals surface area contributed by atoms with E-state index in [1.54, 1.807) is 0 Å². The molecule has 0 aromatic carbocycles. The van der Waals surface area contributed by atoms with Gasteiger partial charge in [0.05, 0.1) is 0 Å². The van der Waals surface area contributed by atoms with Crippen LogP contribution in [0.25, 0.3) is 0 Å². The molecule has 0 saturated heterocycles. The first-order valence-electron chi connectivity index (χ1n) is 6.07. The minimum Gasteiger partial charge on any atom is -0.330 e. The van der Waals surface area contributed by atoms with Crippen LogP contribution in [0.4, 0.5) is 0 Å². The first kappa shape index (κ1) is 12.0. The molecule has 0 spiro atoms. The molecule has 1 rings (SSSR count). The van der Waals surface area contributed by atoms with Crippen molar-refractivity contribution in [2.75, 3.05) is 13.6 Å². The van der Waals surface area contributed by atoms with Crippen LogP contribution in [0.5, 0.6) is 0 Å². The van der Waals surface area contributed by atoms with Gasteiger partial charge in [-0.3, -0.25) is 0 Å². The van der Waals surface area contributed by atoms with E-state index in [9.17, 15) is 0 Å². The van der Waals surface area contributed by atoms with Gasteiger partial charge in [0, 0.05) is 12.1 Å². The van der Waals surface area contributed by atoms with Crippen molar-refractivity contribution in [3.63, 3.8) is 0 Å². The molecule has 14 heavy (non-hydrogen) atoms. The van der Waals surface area contributed by atoms with Crippen LogP contribution in [-0.2, 0) is 0 Å². The predicted octanol–water partition coefficient (Wildman–Crippen LogP) is 2.23. The molecule has 0 bridgehead atoms. The van der Waals surface area contributed by atoms with Gasteiger partial charge in [-0.05, 0) is 58.5 Å². The van der Waals surface area contributed by atoms with Gasteiger partial charge in [0.25, 0.3) is 0 Å². The summed E-state index contributed by atoms with van der Waals surface area (Å²) in [6.45, 7) is 5.49. The molecule has 2 nitrogen and oxygen atoms in total. The minimum atomic E-state index is 0.651. The average molecular weight is 198 g/mol. The molecule has 1 unspecified atom stereocenters. The Morgan fingerprint density at radius 1 is 1.29 bits per heavy atom. The summed E-state index contributed by atoms with van der Waals surface area (Å²) in [7, 11) is 2.26. The molecule has 2 heteroatoms. The third kappa shape index (κ3) is 3.25. The highest BCUT2D eigenvalue weighted by Crippen LogP contribution is 2.27. The lowest BCUT2D eigenvalue weighted by Crippen LogP contribution is -2.41. The van der Waals surface area contributed by atoms with Crippen LogP contribution < -0.4 is 5.73 Å². The molecule has 0 heterocycles. The van der Waals surface area contributed by atoms with Crippen molar-refractivity contribution in [1.29, 1.82) is 0 Å². The molecule has 2 N–H and O–H groups in total. The summed E-state index contributed by atoms with van der Waals surface area (Å²) >= 11 is 0. The number of nitrogens with zero attached hydrogens (tertiary/aromatic N) is 1. The van der Waals surface area contributed by atoms with Crippen LogP contribution in [0.1, 0.15) is 46.0 Å². The molecule has 1 aliphatic rings. The van der Waals surface area contributed by atoms with Crippen molar-refractivity contribution in [2.24, 2.45) is 11.7 Å². The Hall–Kier alpha value is -0.0800. The lowest BCUT2D eigenvalue weighted by Gasteiger charge is -2.37. The van der Waals surface area contributed by atoms with E-state index >= 15 is 0 Å². The SMILES string of the molecule is CC1CCC(N(C)C(C)CCN)CC1. The standard InChI is InChI=1S/C12H26N2/c1-10-4-6-12(7-5-10)14(3)11(2)8-9-13/h10-12H,4-9,13H2,1-3H3. The van der Waals surface area contributed by atoms with E-state index in [-0.39, 0.29) is 0 Å². The van der Waals surface area contributed by atoms with Gasteiger partial charge >= 0.3 is 0 Å². The summed E-state index contributed by atoms with van der Waals surface area (Å²) in [4.78, 5) is 2.54. The third-order valence-electron chi connectivity index (χ3n) is 3.84. The fraction of sp³-hybridized carbons (Fsp3) is 1.00. The van der Waals surface area contributed by atoms with E-state index in [0.717, 1.165) is 24.9 Å². The largest absolute Gasteiger partial charge is 0.330 e. The Morgan fingerprint density at radius 2 is 1.86 bits per heavy atom. The maximum Gasteiger partial charge on any atom is 0.00952 e. The van der Waals surface area contributed by atoms with Crippen LogP contribution >= 0.6 is 0 Å². The molecule has 0 amide bonds.